The number of hydrogen-bond donors (Lipinski definition) is 1. The zero-order chi connectivity index (χ0) is 16.8. The Morgan fingerprint density at radius 2 is 1.96 bits per heavy atom. The van der Waals surface area contributed by atoms with Gasteiger partial charge >= 0.3 is 0 Å². The molecule has 1 aliphatic heterocycles. The molecule has 0 unspecified atom stereocenters. The molecular weight excluding hydrogens is 500 g/mol. The van der Waals surface area contributed by atoms with Gasteiger partial charge in [0.25, 0.3) is 6.43 Å². The average molecular weight is 521 g/mol. The summed E-state index contributed by atoms with van der Waals surface area (Å²) >= 11 is 3.14. The lowest BCUT2D eigenvalue weighted by molar-refractivity contribution is 0.146. The summed E-state index contributed by atoms with van der Waals surface area (Å²) in [5, 5.41) is 2.67. The number of nitrogens with zero attached hydrogens (tertiary/aromatic N) is 3. The van der Waals surface area contributed by atoms with Crippen molar-refractivity contribution in [3.63, 3.8) is 0 Å². The van der Waals surface area contributed by atoms with Gasteiger partial charge in [-0.15, -0.1) is 24.0 Å². The van der Waals surface area contributed by atoms with Crippen LogP contribution in [0.1, 0.15) is 5.56 Å². The van der Waals surface area contributed by atoms with E-state index in [-0.39, 0.29) is 29.8 Å². The standard InChI is InChI=1S/C15H20BrF3N4.HI/c1-20-15(21-9-14(18)19)23-6-4-22(5-7-23)10-11-2-3-12(16)13(17)8-11;/h2-3,8,14H,4-7,9-10H2,1H3,(H,20,21);1H. The van der Waals surface area contributed by atoms with Gasteiger partial charge in [0.2, 0.25) is 0 Å². The zero-order valence-corrected chi connectivity index (χ0v) is 17.2. The summed E-state index contributed by atoms with van der Waals surface area (Å²) in [6.07, 6.45) is -2.40. The Morgan fingerprint density at radius 3 is 2.50 bits per heavy atom. The Morgan fingerprint density at radius 1 is 1.29 bits per heavy atom. The van der Waals surface area contributed by atoms with Crippen molar-refractivity contribution in [1.82, 2.24) is 15.1 Å². The second-order valence-electron chi connectivity index (χ2n) is 5.33. The highest BCUT2D eigenvalue weighted by atomic mass is 127. The summed E-state index contributed by atoms with van der Waals surface area (Å²) in [6.45, 7) is 3.20. The molecule has 0 saturated carbocycles. The Balaban J connectivity index is 0.00000288. The Kier molecular flexibility index (Phi) is 9.35. The van der Waals surface area contributed by atoms with Gasteiger partial charge in [0.15, 0.2) is 5.96 Å². The van der Waals surface area contributed by atoms with Crippen molar-refractivity contribution in [3.8, 4) is 0 Å². The first-order chi connectivity index (χ1) is 11.0. The fourth-order valence-corrected chi connectivity index (χ4v) is 2.76. The van der Waals surface area contributed by atoms with Gasteiger partial charge in [0.1, 0.15) is 5.82 Å². The molecule has 0 spiro atoms. The van der Waals surface area contributed by atoms with Crippen molar-refractivity contribution < 1.29 is 13.2 Å². The van der Waals surface area contributed by atoms with Crippen molar-refractivity contribution in [2.45, 2.75) is 13.0 Å². The molecule has 0 bridgehead atoms. The highest BCUT2D eigenvalue weighted by Gasteiger charge is 2.20. The van der Waals surface area contributed by atoms with Crippen molar-refractivity contribution in [1.29, 1.82) is 0 Å². The van der Waals surface area contributed by atoms with Crippen LogP contribution in [-0.4, -0.2) is 62.0 Å². The summed E-state index contributed by atoms with van der Waals surface area (Å²) < 4.78 is 38.6. The van der Waals surface area contributed by atoms with E-state index in [1.165, 1.54) is 6.07 Å². The van der Waals surface area contributed by atoms with Crippen LogP contribution in [0.2, 0.25) is 0 Å². The van der Waals surface area contributed by atoms with Crippen LogP contribution in [0.15, 0.2) is 27.7 Å². The fourth-order valence-electron chi connectivity index (χ4n) is 2.51. The molecule has 1 aromatic carbocycles. The van der Waals surface area contributed by atoms with Gasteiger partial charge in [-0.05, 0) is 33.6 Å². The normalized spacial score (nSPS) is 16.2. The number of halogens is 5. The monoisotopic (exact) mass is 520 g/mol. The van der Waals surface area contributed by atoms with Gasteiger partial charge in [-0.25, -0.2) is 13.2 Å². The van der Waals surface area contributed by atoms with Gasteiger partial charge in [0.05, 0.1) is 11.0 Å². The Labute approximate surface area is 165 Å². The van der Waals surface area contributed by atoms with Crippen LogP contribution in [-0.2, 0) is 6.54 Å². The molecule has 1 fully saturated rings. The molecule has 1 N–H and O–H groups in total. The molecule has 1 aliphatic rings. The van der Waals surface area contributed by atoms with E-state index in [0.717, 1.165) is 18.7 Å². The minimum Gasteiger partial charge on any atom is -0.351 e. The molecule has 1 saturated heterocycles. The van der Waals surface area contributed by atoms with E-state index in [9.17, 15) is 13.2 Å². The maximum absolute atomic E-state index is 13.5. The van der Waals surface area contributed by atoms with Crippen molar-refractivity contribution >= 4 is 45.9 Å². The second kappa shape index (κ2) is 10.4. The molecule has 24 heavy (non-hydrogen) atoms. The van der Waals surface area contributed by atoms with Crippen molar-refractivity contribution in [3.05, 3.63) is 34.1 Å². The van der Waals surface area contributed by atoms with E-state index < -0.39 is 13.0 Å². The predicted molar refractivity (Wildman–Crippen MR) is 104 cm³/mol. The van der Waals surface area contributed by atoms with Crippen molar-refractivity contribution in [2.24, 2.45) is 4.99 Å². The summed E-state index contributed by atoms with van der Waals surface area (Å²) in [4.78, 5) is 8.21. The number of nitrogens with one attached hydrogen (secondary N) is 1. The van der Waals surface area contributed by atoms with E-state index >= 15 is 0 Å². The zero-order valence-electron chi connectivity index (χ0n) is 13.3. The third kappa shape index (κ3) is 6.40. The number of rotatable bonds is 4. The van der Waals surface area contributed by atoms with Crippen LogP contribution >= 0.6 is 39.9 Å². The van der Waals surface area contributed by atoms with Gasteiger partial charge in [-0.3, -0.25) is 9.89 Å². The van der Waals surface area contributed by atoms with Crippen LogP contribution in [0.3, 0.4) is 0 Å². The van der Waals surface area contributed by atoms with Gasteiger partial charge in [-0.2, -0.15) is 0 Å². The third-order valence-corrected chi connectivity index (χ3v) is 4.33. The molecule has 0 radical (unpaired) electrons. The molecule has 1 aromatic rings. The van der Waals surface area contributed by atoms with Crippen LogP contribution in [0.4, 0.5) is 13.2 Å². The smallest absolute Gasteiger partial charge is 0.255 e. The maximum atomic E-state index is 13.5. The third-order valence-electron chi connectivity index (χ3n) is 3.69. The summed E-state index contributed by atoms with van der Waals surface area (Å²) in [6, 6.07) is 5.12. The SMILES string of the molecule is CN=C(NCC(F)F)N1CCN(Cc2ccc(Br)c(F)c2)CC1.I. The minimum absolute atomic E-state index is 0. The summed E-state index contributed by atoms with van der Waals surface area (Å²) in [7, 11) is 1.59. The average Bonchev–Trinajstić information content (AvgIpc) is 2.53. The Hall–Kier alpha value is -0.550. The van der Waals surface area contributed by atoms with E-state index in [0.29, 0.717) is 30.1 Å². The number of benzene rings is 1. The molecule has 2 rings (SSSR count). The summed E-state index contributed by atoms with van der Waals surface area (Å²) in [5.74, 6) is 0.234. The number of alkyl halides is 2. The first-order valence-electron chi connectivity index (χ1n) is 7.39. The van der Waals surface area contributed by atoms with Gasteiger partial charge in [-0.1, -0.05) is 6.07 Å². The van der Waals surface area contributed by atoms with Crippen molar-refractivity contribution in [2.75, 3.05) is 39.8 Å². The number of piperazine rings is 1. The number of aliphatic imine (C=N–C) groups is 1. The lowest BCUT2D eigenvalue weighted by atomic mass is 10.2. The van der Waals surface area contributed by atoms with Crippen LogP contribution < -0.4 is 5.32 Å². The Bertz CT molecular complexity index is 552. The molecule has 0 atom stereocenters. The molecule has 0 aliphatic carbocycles. The van der Waals surface area contributed by atoms with Crippen LogP contribution in [0.25, 0.3) is 0 Å². The van der Waals surface area contributed by atoms with Crippen LogP contribution in [0, 0.1) is 5.82 Å². The van der Waals surface area contributed by atoms with E-state index in [1.54, 1.807) is 13.1 Å². The molecule has 4 nitrogen and oxygen atoms in total. The largest absolute Gasteiger partial charge is 0.351 e. The molecule has 0 amide bonds. The minimum atomic E-state index is -2.40. The highest BCUT2D eigenvalue weighted by Crippen LogP contribution is 2.18. The van der Waals surface area contributed by atoms with Gasteiger partial charge < -0.3 is 10.2 Å². The number of guanidine groups is 1. The van der Waals surface area contributed by atoms with E-state index in [4.69, 9.17) is 0 Å². The quantitative estimate of drug-likeness (QED) is 0.376. The number of hydrogen-bond acceptors (Lipinski definition) is 2. The topological polar surface area (TPSA) is 30.9 Å². The lowest BCUT2D eigenvalue weighted by Gasteiger charge is -2.36. The maximum Gasteiger partial charge on any atom is 0.255 e. The second-order valence-corrected chi connectivity index (χ2v) is 6.19. The summed E-state index contributed by atoms with van der Waals surface area (Å²) in [5.41, 5.74) is 0.916. The lowest BCUT2D eigenvalue weighted by Crippen LogP contribution is -2.52. The van der Waals surface area contributed by atoms with E-state index in [1.807, 2.05) is 11.0 Å². The molecule has 0 aromatic heterocycles. The fraction of sp³-hybridized carbons (Fsp3) is 0.533. The van der Waals surface area contributed by atoms with Crippen LogP contribution in [0.5, 0.6) is 0 Å². The predicted octanol–water partition coefficient (Wildman–Crippen LogP) is 3.16. The van der Waals surface area contributed by atoms with Gasteiger partial charge in [0, 0.05) is 39.8 Å². The highest BCUT2D eigenvalue weighted by molar-refractivity contribution is 14.0. The molecule has 1 heterocycles. The first-order valence-corrected chi connectivity index (χ1v) is 8.19. The van der Waals surface area contributed by atoms with E-state index in [2.05, 4.69) is 31.1 Å². The molecular formula is C15H21BrF3IN4. The first kappa shape index (κ1) is 21.5. The molecule has 136 valence electrons. The molecule has 9 heteroatoms.